The van der Waals surface area contributed by atoms with Crippen molar-refractivity contribution in [2.75, 3.05) is 13.4 Å². The maximum Gasteiger partial charge on any atom is 0.335 e. The summed E-state index contributed by atoms with van der Waals surface area (Å²) >= 11 is 0. The average Bonchev–Trinajstić information content (AvgIpc) is 2.92. The molecular weight excluding hydrogens is 484 g/mol. The highest BCUT2D eigenvalue weighted by Crippen LogP contribution is 2.24. The topological polar surface area (TPSA) is 88.1 Å². The molecule has 0 heterocycles. The molecule has 3 rings (SSSR count). The second-order valence-electron chi connectivity index (χ2n) is 8.63. The minimum atomic E-state index is -0.529. The molecule has 0 saturated carbocycles. The van der Waals surface area contributed by atoms with Gasteiger partial charge < -0.3 is 18.9 Å². The molecule has 0 saturated heterocycles. The van der Waals surface area contributed by atoms with Gasteiger partial charge in [-0.1, -0.05) is 49.6 Å². The minimum Gasteiger partial charge on any atom is -0.485 e. The summed E-state index contributed by atoms with van der Waals surface area (Å²) in [7, 11) is 0. The first-order chi connectivity index (χ1) is 18.2. The van der Waals surface area contributed by atoms with Crippen molar-refractivity contribution < 1.29 is 33.3 Å². The first-order valence-electron chi connectivity index (χ1n) is 12.0. The molecule has 0 radical (unpaired) electrons. The van der Waals surface area contributed by atoms with Gasteiger partial charge in [0.05, 0.1) is 0 Å². The van der Waals surface area contributed by atoms with Crippen molar-refractivity contribution in [2.45, 2.75) is 26.7 Å². The molecule has 0 atom stereocenters. The highest BCUT2D eigenvalue weighted by molar-refractivity contribution is 5.95. The summed E-state index contributed by atoms with van der Waals surface area (Å²) in [6.45, 7) is 10.1. The number of Topliss-reactive ketones (excluding diaryl/α,β-unsaturated/α-hetero) is 1. The van der Waals surface area contributed by atoms with E-state index in [0.717, 1.165) is 16.7 Å². The van der Waals surface area contributed by atoms with Gasteiger partial charge in [0.2, 0.25) is 6.79 Å². The van der Waals surface area contributed by atoms with Gasteiger partial charge in [-0.25, -0.2) is 4.79 Å². The molecule has 3 aromatic rings. The summed E-state index contributed by atoms with van der Waals surface area (Å²) in [5, 5.41) is 0. The van der Waals surface area contributed by atoms with Crippen LogP contribution in [0, 0.1) is 0 Å². The number of hydrogen-bond acceptors (Lipinski definition) is 7. The molecule has 0 amide bonds. The number of rotatable bonds is 13. The van der Waals surface area contributed by atoms with Crippen LogP contribution >= 0.6 is 0 Å². The van der Waals surface area contributed by atoms with Crippen molar-refractivity contribution in [3.05, 3.63) is 103 Å². The highest BCUT2D eigenvalue weighted by atomic mass is 16.7. The highest BCUT2D eigenvalue weighted by Gasteiger charge is 2.08. The Morgan fingerprint density at radius 2 is 1.21 bits per heavy atom. The van der Waals surface area contributed by atoms with Gasteiger partial charge >= 0.3 is 11.9 Å². The van der Waals surface area contributed by atoms with E-state index in [4.69, 9.17) is 18.9 Å². The van der Waals surface area contributed by atoms with Crippen molar-refractivity contribution in [1.82, 2.24) is 0 Å². The third-order valence-electron chi connectivity index (χ3n) is 5.42. The summed E-state index contributed by atoms with van der Waals surface area (Å²) in [4.78, 5) is 35.2. The Morgan fingerprint density at radius 1 is 0.684 bits per heavy atom. The zero-order chi connectivity index (χ0) is 27.5. The zero-order valence-electron chi connectivity index (χ0n) is 21.5. The van der Waals surface area contributed by atoms with E-state index in [2.05, 4.69) is 13.2 Å². The van der Waals surface area contributed by atoms with Crippen LogP contribution in [0.25, 0.3) is 11.1 Å². The normalized spacial score (nSPS) is 10.3. The largest absolute Gasteiger partial charge is 0.485 e. The molecule has 0 unspecified atom stereocenters. The fourth-order valence-electron chi connectivity index (χ4n) is 3.19. The lowest BCUT2D eigenvalue weighted by atomic mass is 10.0. The molecule has 0 aromatic heterocycles. The maximum absolute atomic E-state index is 12.3. The average molecular weight is 515 g/mol. The molecule has 196 valence electrons. The Bertz CT molecular complexity index is 1290. The van der Waals surface area contributed by atoms with Crippen LogP contribution in [0.3, 0.4) is 0 Å². The summed E-state index contributed by atoms with van der Waals surface area (Å²) in [5.74, 6) is 0.479. The van der Waals surface area contributed by atoms with E-state index in [1.165, 1.54) is 0 Å². The Kier molecular flexibility index (Phi) is 10.00. The van der Waals surface area contributed by atoms with Crippen molar-refractivity contribution in [3.63, 3.8) is 0 Å². The number of aryl methyl sites for hydroxylation is 1. The fourth-order valence-corrected chi connectivity index (χ4v) is 3.19. The smallest absolute Gasteiger partial charge is 0.335 e. The van der Waals surface area contributed by atoms with E-state index in [-0.39, 0.29) is 37.1 Å². The summed E-state index contributed by atoms with van der Waals surface area (Å²) in [5.41, 5.74) is 3.81. The van der Waals surface area contributed by atoms with E-state index < -0.39 is 5.97 Å². The molecule has 0 aliphatic rings. The van der Waals surface area contributed by atoms with Crippen molar-refractivity contribution in [3.8, 4) is 28.4 Å². The Morgan fingerprint density at radius 3 is 1.79 bits per heavy atom. The van der Waals surface area contributed by atoms with Crippen LogP contribution in [-0.2, 0) is 25.5 Å². The van der Waals surface area contributed by atoms with E-state index in [1.54, 1.807) is 38.1 Å². The Hall–Kier alpha value is -4.65. The van der Waals surface area contributed by atoms with Crippen LogP contribution in [-0.4, -0.2) is 31.1 Å². The van der Waals surface area contributed by atoms with Crippen molar-refractivity contribution in [2.24, 2.45) is 0 Å². The van der Waals surface area contributed by atoms with Crippen LogP contribution < -0.4 is 14.2 Å². The number of ether oxygens (including phenoxy) is 4. The lowest BCUT2D eigenvalue weighted by molar-refractivity contribution is -0.145. The molecule has 0 spiro atoms. The van der Waals surface area contributed by atoms with Gasteiger partial charge in [-0.3, -0.25) is 9.59 Å². The molecule has 0 aliphatic carbocycles. The first-order valence-corrected chi connectivity index (χ1v) is 12.0. The van der Waals surface area contributed by atoms with E-state index in [0.29, 0.717) is 29.2 Å². The van der Waals surface area contributed by atoms with Crippen LogP contribution in [0.15, 0.2) is 97.1 Å². The Labute approximate surface area is 222 Å². The van der Waals surface area contributed by atoms with E-state index >= 15 is 0 Å². The van der Waals surface area contributed by atoms with Crippen LogP contribution in [0.1, 0.15) is 25.8 Å². The molecule has 0 bridgehead atoms. The van der Waals surface area contributed by atoms with Gasteiger partial charge in [-0.05, 0) is 78.9 Å². The number of hydrogen-bond donors (Lipinski definition) is 0. The first kappa shape index (κ1) is 27.9. The molecule has 7 heteroatoms. The number of esters is 2. The standard InChI is InChI=1S/C31H30O7/c1-21(2)29(32)19-35-26-12-10-25(11-13-26)24-8-5-23(6-9-24)7-18-30(33)38-28-16-14-27(15-17-28)36-20-37-31(34)22(3)4/h5-6,8-17H,1,3,7,18-20H2,2,4H3. The lowest BCUT2D eigenvalue weighted by Gasteiger charge is -2.09. The van der Waals surface area contributed by atoms with Gasteiger partial charge in [-0.2, -0.15) is 0 Å². The SMILES string of the molecule is C=C(C)C(=O)COc1ccc(-c2ccc(CCC(=O)Oc3ccc(OCOC(=O)C(=C)C)cc3)cc2)cc1. The van der Waals surface area contributed by atoms with Gasteiger partial charge in [-0.15, -0.1) is 0 Å². The number of carbonyl (C=O) groups is 3. The predicted octanol–water partition coefficient (Wildman–Crippen LogP) is 5.87. The number of benzene rings is 3. The van der Waals surface area contributed by atoms with Gasteiger partial charge in [0, 0.05) is 12.0 Å². The van der Waals surface area contributed by atoms with Crippen LogP contribution in [0.4, 0.5) is 0 Å². The second kappa shape index (κ2) is 13.6. The maximum atomic E-state index is 12.3. The lowest BCUT2D eigenvalue weighted by Crippen LogP contribution is -2.11. The molecule has 3 aromatic carbocycles. The summed E-state index contributed by atoms with van der Waals surface area (Å²) < 4.78 is 21.1. The molecule has 38 heavy (non-hydrogen) atoms. The van der Waals surface area contributed by atoms with Gasteiger partial charge in [0.25, 0.3) is 0 Å². The summed E-state index contributed by atoms with van der Waals surface area (Å²) in [6.07, 6.45) is 0.765. The second-order valence-corrected chi connectivity index (χ2v) is 8.63. The van der Waals surface area contributed by atoms with Crippen LogP contribution in [0.2, 0.25) is 0 Å². The molecule has 0 N–H and O–H groups in total. The van der Waals surface area contributed by atoms with E-state index in [9.17, 15) is 14.4 Å². The van der Waals surface area contributed by atoms with Crippen molar-refractivity contribution >= 4 is 17.7 Å². The summed E-state index contributed by atoms with van der Waals surface area (Å²) in [6, 6.07) is 21.9. The third-order valence-corrected chi connectivity index (χ3v) is 5.42. The zero-order valence-corrected chi connectivity index (χ0v) is 21.5. The monoisotopic (exact) mass is 514 g/mol. The third kappa shape index (κ3) is 8.78. The minimum absolute atomic E-state index is 0.0275. The Balaban J connectivity index is 1.43. The number of ketones is 1. The van der Waals surface area contributed by atoms with Crippen molar-refractivity contribution in [1.29, 1.82) is 0 Å². The van der Waals surface area contributed by atoms with Crippen LogP contribution in [0.5, 0.6) is 17.2 Å². The molecule has 0 fully saturated rings. The molecule has 0 aliphatic heterocycles. The van der Waals surface area contributed by atoms with E-state index in [1.807, 2.05) is 48.5 Å². The number of carbonyl (C=O) groups excluding carboxylic acids is 3. The molecule has 7 nitrogen and oxygen atoms in total. The quantitative estimate of drug-likeness (QED) is 0.122. The van der Waals surface area contributed by atoms with Gasteiger partial charge in [0.1, 0.15) is 17.2 Å². The van der Waals surface area contributed by atoms with Gasteiger partial charge in [0.15, 0.2) is 12.4 Å². The molecular formula is C31H30O7. The predicted molar refractivity (Wildman–Crippen MR) is 144 cm³/mol. The fraction of sp³-hybridized carbons (Fsp3) is 0.194.